The van der Waals surface area contributed by atoms with Gasteiger partial charge >= 0.3 is 0 Å². The molecule has 0 radical (unpaired) electrons. The highest BCUT2D eigenvalue weighted by Crippen LogP contribution is 2.55. The Labute approximate surface area is 142 Å². The standard InChI is InChI=1S/C21H21NO2/c23-21(22-9-11-24-12-10-22)19-13-18-14-5-1-3-7-16(14)20(19)17-8-4-2-6-15(17)18/h1-8,18-20H,9-13H2/t18?,19-,20?/m0/s1. The summed E-state index contributed by atoms with van der Waals surface area (Å²) >= 11 is 0. The zero-order chi connectivity index (χ0) is 16.1. The molecule has 1 fully saturated rings. The Morgan fingerprint density at radius 3 is 2.00 bits per heavy atom. The van der Waals surface area contributed by atoms with Crippen LogP contribution in [0.3, 0.4) is 0 Å². The summed E-state index contributed by atoms with van der Waals surface area (Å²) in [5, 5.41) is 0. The zero-order valence-corrected chi connectivity index (χ0v) is 13.7. The highest BCUT2D eigenvalue weighted by atomic mass is 16.5. The lowest BCUT2D eigenvalue weighted by molar-refractivity contribution is -0.140. The molecule has 4 aliphatic rings. The predicted molar refractivity (Wildman–Crippen MR) is 92.1 cm³/mol. The number of benzene rings is 2. The number of nitrogens with zero attached hydrogens (tertiary/aromatic N) is 1. The molecule has 2 aromatic carbocycles. The average molecular weight is 319 g/mol. The molecule has 0 aromatic heterocycles. The van der Waals surface area contributed by atoms with Crippen LogP contribution >= 0.6 is 0 Å². The second-order valence-electron chi connectivity index (χ2n) is 7.07. The zero-order valence-electron chi connectivity index (χ0n) is 13.7. The van der Waals surface area contributed by atoms with Gasteiger partial charge in [0.05, 0.1) is 13.2 Å². The van der Waals surface area contributed by atoms with Gasteiger partial charge in [-0.2, -0.15) is 0 Å². The van der Waals surface area contributed by atoms with E-state index in [1.54, 1.807) is 0 Å². The van der Waals surface area contributed by atoms with Crippen molar-refractivity contribution < 1.29 is 9.53 Å². The lowest BCUT2D eigenvalue weighted by Gasteiger charge is -2.46. The molecule has 1 heterocycles. The fourth-order valence-electron chi connectivity index (χ4n) is 4.90. The summed E-state index contributed by atoms with van der Waals surface area (Å²) in [4.78, 5) is 15.2. The summed E-state index contributed by atoms with van der Waals surface area (Å²) in [6, 6.07) is 17.4. The van der Waals surface area contributed by atoms with Crippen molar-refractivity contribution in [1.29, 1.82) is 0 Å². The number of ether oxygens (including phenoxy) is 1. The van der Waals surface area contributed by atoms with Crippen molar-refractivity contribution in [2.45, 2.75) is 18.3 Å². The number of hydrogen-bond donors (Lipinski definition) is 0. The molecule has 3 aliphatic carbocycles. The minimum absolute atomic E-state index is 0.0675. The van der Waals surface area contributed by atoms with E-state index in [0.29, 0.717) is 25.0 Å². The highest BCUT2D eigenvalue weighted by Gasteiger charge is 2.46. The molecule has 122 valence electrons. The van der Waals surface area contributed by atoms with Crippen LogP contribution in [-0.4, -0.2) is 37.1 Å². The van der Waals surface area contributed by atoms with E-state index in [-0.39, 0.29) is 11.8 Å². The normalized spacial score (nSPS) is 27.5. The number of hydrogen-bond acceptors (Lipinski definition) is 2. The van der Waals surface area contributed by atoms with E-state index < -0.39 is 0 Å². The molecule has 3 heteroatoms. The van der Waals surface area contributed by atoms with Gasteiger partial charge in [-0.1, -0.05) is 48.5 Å². The summed E-state index contributed by atoms with van der Waals surface area (Å²) in [7, 11) is 0. The van der Waals surface area contributed by atoms with Crippen LogP contribution in [0.4, 0.5) is 0 Å². The molecular weight excluding hydrogens is 298 g/mol. The van der Waals surface area contributed by atoms with E-state index in [1.165, 1.54) is 22.3 Å². The smallest absolute Gasteiger partial charge is 0.226 e. The maximum Gasteiger partial charge on any atom is 0.226 e. The van der Waals surface area contributed by atoms with E-state index in [0.717, 1.165) is 19.5 Å². The van der Waals surface area contributed by atoms with Crippen LogP contribution < -0.4 is 0 Å². The first kappa shape index (κ1) is 14.2. The van der Waals surface area contributed by atoms with Gasteiger partial charge in [0.25, 0.3) is 0 Å². The Morgan fingerprint density at radius 2 is 1.42 bits per heavy atom. The van der Waals surface area contributed by atoms with Gasteiger partial charge in [0.1, 0.15) is 0 Å². The van der Waals surface area contributed by atoms with Crippen molar-refractivity contribution in [3.05, 3.63) is 70.8 Å². The Hall–Kier alpha value is -2.13. The molecule has 2 bridgehead atoms. The molecule has 2 aromatic rings. The third-order valence-corrected chi connectivity index (χ3v) is 5.94. The topological polar surface area (TPSA) is 29.5 Å². The van der Waals surface area contributed by atoms with E-state index in [1.807, 2.05) is 4.90 Å². The highest BCUT2D eigenvalue weighted by molar-refractivity contribution is 5.82. The quantitative estimate of drug-likeness (QED) is 0.808. The largest absolute Gasteiger partial charge is 0.378 e. The van der Waals surface area contributed by atoms with Gasteiger partial charge < -0.3 is 9.64 Å². The monoisotopic (exact) mass is 319 g/mol. The lowest BCUT2D eigenvalue weighted by atomic mass is 9.59. The lowest BCUT2D eigenvalue weighted by Crippen LogP contribution is -2.47. The molecule has 24 heavy (non-hydrogen) atoms. The third kappa shape index (κ3) is 1.97. The first-order chi connectivity index (χ1) is 11.8. The minimum atomic E-state index is 0.0675. The Morgan fingerprint density at radius 1 is 0.875 bits per heavy atom. The van der Waals surface area contributed by atoms with E-state index in [4.69, 9.17) is 4.74 Å². The van der Waals surface area contributed by atoms with Crippen molar-refractivity contribution in [1.82, 2.24) is 4.90 Å². The fraction of sp³-hybridized carbons (Fsp3) is 0.381. The SMILES string of the molecule is O=C([C@H]1CC2c3ccccc3C1c1ccccc12)N1CCOCC1. The van der Waals surface area contributed by atoms with Gasteiger partial charge in [-0.3, -0.25) is 4.79 Å². The van der Waals surface area contributed by atoms with Crippen molar-refractivity contribution in [2.24, 2.45) is 5.92 Å². The number of fused-ring (bicyclic) bond motifs is 1. The summed E-state index contributed by atoms with van der Waals surface area (Å²) < 4.78 is 5.42. The molecule has 0 unspecified atom stereocenters. The molecule has 6 rings (SSSR count). The first-order valence-electron chi connectivity index (χ1n) is 8.89. The minimum Gasteiger partial charge on any atom is -0.378 e. The molecular formula is C21H21NO2. The Bertz CT molecular complexity index is 746. The van der Waals surface area contributed by atoms with Crippen LogP contribution in [0.1, 0.15) is 40.5 Å². The summed E-state index contributed by atoms with van der Waals surface area (Å²) in [6.45, 7) is 2.80. The number of carbonyl (C=O) groups is 1. The molecule has 1 amide bonds. The molecule has 1 aliphatic heterocycles. The number of rotatable bonds is 1. The summed E-state index contributed by atoms with van der Waals surface area (Å²) in [6.07, 6.45) is 0.939. The van der Waals surface area contributed by atoms with Crippen LogP contribution in [0.5, 0.6) is 0 Å². The fourth-order valence-corrected chi connectivity index (χ4v) is 4.90. The van der Waals surface area contributed by atoms with Gasteiger partial charge in [0, 0.05) is 30.8 Å². The number of morpholine rings is 1. The molecule has 0 spiro atoms. The van der Waals surface area contributed by atoms with Crippen LogP contribution in [0.2, 0.25) is 0 Å². The summed E-state index contributed by atoms with van der Waals surface area (Å²) in [5.41, 5.74) is 5.57. The van der Waals surface area contributed by atoms with Crippen LogP contribution in [0.15, 0.2) is 48.5 Å². The van der Waals surface area contributed by atoms with Crippen LogP contribution in [0, 0.1) is 5.92 Å². The first-order valence-corrected chi connectivity index (χ1v) is 8.89. The molecule has 0 N–H and O–H groups in total. The van der Waals surface area contributed by atoms with Gasteiger partial charge in [-0.25, -0.2) is 0 Å². The second-order valence-corrected chi connectivity index (χ2v) is 7.07. The second kappa shape index (κ2) is 5.45. The van der Waals surface area contributed by atoms with E-state index in [2.05, 4.69) is 48.5 Å². The molecule has 1 saturated heterocycles. The molecule has 1 atom stereocenters. The van der Waals surface area contributed by atoms with Gasteiger partial charge in [0.2, 0.25) is 5.91 Å². The average Bonchev–Trinajstić information content (AvgIpc) is 2.68. The van der Waals surface area contributed by atoms with Crippen molar-refractivity contribution in [2.75, 3.05) is 26.3 Å². The number of carbonyl (C=O) groups excluding carboxylic acids is 1. The van der Waals surface area contributed by atoms with E-state index >= 15 is 0 Å². The van der Waals surface area contributed by atoms with Crippen LogP contribution in [-0.2, 0) is 9.53 Å². The number of amides is 1. The van der Waals surface area contributed by atoms with Crippen LogP contribution in [0.25, 0.3) is 0 Å². The maximum absolute atomic E-state index is 13.2. The van der Waals surface area contributed by atoms with Crippen molar-refractivity contribution >= 4 is 5.91 Å². The molecule has 0 saturated carbocycles. The predicted octanol–water partition coefficient (Wildman–Crippen LogP) is 3.14. The molecule has 3 nitrogen and oxygen atoms in total. The van der Waals surface area contributed by atoms with Gasteiger partial charge in [-0.05, 0) is 28.7 Å². The van der Waals surface area contributed by atoms with Crippen molar-refractivity contribution in [3.63, 3.8) is 0 Å². The maximum atomic E-state index is 13.2. The van der Waals surface area contributed by atoms with E-state index in [9.17, 15) is 4.79 Å². The van der Waals surface area contributed by atoms with Crippen molar-refractivity contribution in [3.8, 4) is 0 Å². The Balaban J connectivity index is 1.59. The van der Waals surface area contributed by atoms with Gasteiger partial charge in [0.15, 0.2) is 0 Å². The summed E-state index contributed by atoms with van der Waals surface area (Å²) in [5.74, 6) is 0.949. The Kier molecular flexibility index (Phi) is 3.23. The third-order valence-electron chi connectivity index (χ3n) is 5.94. The van der Waals surface area contributed by atoms with Gasteiger partial charge in [-0.15, -0.1) is 0 Å².